The van der Waals surface area contributed by atoms with Crippen LogP contribution in [0.1, 0.15) is 38.5 Å². The maximum absolute atomic E-state index is 13.0. The van der Waals surface area contributed by atoms with Gasteiger partial charge in [-0.15, -0.1) is 0 Å². The molecular formula is C23H30ClN5O6S. The van der Waals surface area contributed by atoms with Gasteiger partial charge in [0.2, 0.25) is 33.7 Å². The second-order valence-electron chi connectivity index (χ2n) is 9.56. The summed E-state index contributed by atoms with van der Waals surface area (Å²) in [5.41, 5.74) is 5.70. The zero-order chi connectivity index (χ0) is 26.0. The van der Waals surface area contributed by atoms with E-state index < -0.39 is 33.8 Å². The molecule has 1 saturated carbocycles. The van der Waals surface area contributed by atoms with Crippen molar-refractivity contribution in [3.8, 4) is 0 Å². The third-order valence-corrected chi connectivity index (χ3v) is 8.57. The van der Waals surface area contributed by atoms with Crippen molar-refractivity contribution in [2.45, 2.75) is 49.5 Å². The van der Waals surface area contributed by atoms with Gasteiger partial charge in [-0.25, -0.2) is 8.42 Å². The van der Waals surface area contributed by atoms with Gasteiger partial charge in [-0.2, -0.15) is 4.72 Å². The number of sulfonamides is 1. The number of anilines is 1. The van der Waals surface area contributed by atoms with Gasteiger partial charge in [-0.3, -0.25) is 19.2 Å². The zero-order valence-electron chi connectivity index (χ0n) is 19.7. The number of carbonyl (C=O) groups excluding carboxylic acids is 4. The normalized spacial score (nSPS) is 22.9. The highest BCUT2D eigenvalue weighted by Crippen LogP contribution is 2.32. The standard InChI is InChI=1S/C23H30ClN5O6S/c24-17-11-16(7-8-18(17)26-22(32)14-5-6-14)36(34,35)27-19-4-2-10-29(23(19)33)13-20(30)28-9-1-3-15(12-28)21(25)31/h7-8,11,14-15,19,27H,1-6,9-10,12-13H2,(H2,25,31)(H,26,32). The largest absolute Gasteiger partial charge is 0.369 e. The van der Waals surface area contributed by atoms with E-state index in [-0.39, 0.29) is 40.7 Å². The number of halogens is 1. The number of likely N-dealkylation sites (tertiary alicyclic amines) is 2. The van der Waals surface area contributed by atoms with Gasteiger partial charge in [0.05, 0.1) is 28.1 Å². The minimum absolute atomic E-state index is 0.0298. The number of nitrogens with one attached hydrogen (secondary N) is 2. The molecule has 4 N–H and O–H groups in total. The summed E-state index contributed by atoms with van der Waals surface area (Å²) in [7, 11) is -4.10. The molecule has 0 bridgehead atoms. The van der Waals surface area contributed by atoms with Gasteiger partial charge in [-0.1, -0.05) is 11.6 Å². The van der Waals surface area contributed by atoms with Crippen molar-refractivity contribution in [2.24, 2.45) is 17.6 Å². The topological polar surface area (TPSA) is 159 Å². The third kappa shape index (κ3) is 6.16. The van der Waals surface area contributed by atoms with Crippen molar-refractivity contribution in [1.82, 2.24) is 14.5 Å². The van der Waals surface area contributed by atoms with Crippen LogP contribution in [0.5, 0.6) is 0 Å². The minimum atomic E-state index is -4.10. The molecule has 11 nitrogen and oxygen atoms in total. The molecule has 2 saturated heterocycles. The van der Waals surface area contributed by atoms with E-state index in [4.69, 9.17) is 17.3 Å². The Morgan fingerprint density at radius 3 is 2.44 bits per heavy atom. The van der Waals surface area contributed by atoms with Crippen LogP contribution in [0.3, 0.4) is 0 Å². The fourth-order valence-electron chi connectivity index (χ4n) is 4.51. The molecule has 1 aromatic carbocycles. The summed E-state index contributed by atoms with van der Waals surface area (Å²) >= 11 is 6.21. The number of nitrogens with zero attached hydrogens (tertiary/aromatic N) is 2. The van der Waals surface area contributed by atoms with Crippen molar-refractivity contribution in [1.29, 1.82) is 0 Å². The van der Waals surface area contributed by atoms with Gasteiger partial charge in [0.25, 0.3) is 0 Å². The molecule has 2 unspecified atom stereocenters. The highest BCUT2D eigenvalue weighted by Gasteiger charge is 2.35. The molecule has 36 heavy (non-hydrogen) atoms. The summed E-state index contributed by atoms with van der Waals surface area (Å²) in [6.45, 7) is 0.851. The maximum Gasteiger partial charge on any atom is 0.242 e. The predicted molar refractivity (Wildman–Crippen MR) is 131 cm³/mol. The predicted octanol–water partition coefficient (Wildman–Crippen LogP) is 0.682. The Balaban J connectivity index is 1.38. The summed E-state index contributed by atoms with van der Waals surface area (Å²) in [5.74, 6) is -1.82. The van der Waals surface area contributed by atoms with Gasteiger partial charge in [0.1, 0.15) is 6.04 Å². The minimum Gasteiger partial charge on any atom is -0.369 e. The van der Waals surface area contributed by atoms with E-state index >= 15 is 0 Å². The number of hydrogen-bond donors (Lipinski definition) is 3. The first-order chi connectivity index (χ1) is 17.0. The average molecular weight is 540 g/mol. The van der Waals surface area contributed by atoms with Gasteiger partial charge in [0, 0.05) is 25.6 Å². The van der Waals surface area contributed by atoms with Crippen molar-refractivity contribution in [2.75, 3.05) is 31.5 Å². The Morgan fingerprint density at radius 1 is 1.06 bits per heavy atom. The highest BCUT2D eigenvalue weighted by molar-refractivity contribution is 7.89. The second-order valence-corrected chi connectivity index (χ2v) is 11.7. The number of amides is 4. The van der Waals surface area contributed by atoms with Crippen LogP contribution in [0, 0.1) is 11.8 Å². The molecule has 0 radical (unpaired) electrons. The van der Waals surface area contributed by atoms with E-state index in [9.17, 15) is 27.6 Å². The van der Waals surface area contributed by atoms with Crippen LogP contribution < -0.4 is 15.8 Å². The van der Waals surface area contributed by atoms with Crippen LogP contribution in [0.25, 0.3) is 0 Å². The van der Waals surface area contributed by atoms with Crippen molar-refractivity contribution in [3.63, 3.8) is 0 Å². The molecule has 196 valence electrons. The van der Waals surface area contributed by atoms with Crippen LogP contribution in [0.2, 0.25) is 5.02 Å². The van der Waals surface area contributed by atoms with E-state index in [0.29, 0.717) is 44.5 Å². The zero-order valence-corrected chi connectivity index (χ0v) is 21.3. The van der Waals surface area contributed by atoms with E-state index in [1.54, 1.807) is 0 Å². The van der Waals surface area contributed by atoms with E-state index in [1.807, 2.05) is 0 Å². The SMILES string of the molecule is NC(=O)C1CCCN(C(=O)CN2CCCC(NS(=O)(=O)c3ccc(NC(=O)C4CC4)c(Cl)c3)C2=O)C1. The number of benzene rings is 1. The summed E-state index contributed by atoms with van der Waals surface area (Å²) in [6.07, 6.45) is 3.74. The first-order valence-corrected chi connectivity index (χ1v) is 13.9. The average Bonchev–Trinajstić information content (AvgIpc) is 3.68. The smallest absolute Gasteiger partial charge is 0.242 e. The summed E-state index contributed by atoms with van der Waals surface area (Å²) in [5, 5.41) is 2.76. The molecule has 1 aromatic rings. The lowest BCUT2D eigenvalue weighted by Gasteiger charge is -2.36. The summed E-state index contributed by atoms with van der Waals surface area (Å²) in [6, 6.07) is 2.94. The molecule has 0 aromatic heterocycles. The van der Waals surface area contributed by atoms with Crippen LogP contribution in [-0.4, -0.2) is 74.1 Å². The molecule has 2 heterocycles. The molecule has 4 amide bonds. The first-order valence-electron chi connectivity index (χ1n) is 12.0. The number of piperidine rings is 2. The summed E-state index contributed by atoms with van der Waals surface area (Å²) in [4.78, 5) is 52.0. The lowest BCUT2D eigenvalue weighted by atomic mass is 9.97. The van der Waals surface area contributed by atoms with Crippen LogP contribution in [0.15, 0.2) is 23.1 Å². The monoisotopic (exact) mass is 539 g/mol. The number of carbonyl (C=O) groups is 4. The van der Waals surface area contributed by atoms with Crippen molar-refractivity contribution >= 4 is 50.9 Å². The Hall–Kier alpha value is -2.70. The highest BCUT2D eigenvalue weighted by atomic mass is 35.5. The van der Waals surface area contributed by atoms with E-state index in [1.165, 1.54) is 28.0 Å². The Kier molecular flexibility index (Phi) is 7.86. The maximum atomic E-state index is 13.0. The van der Waals surface area contributed by atoms with Crippen LogP contribution >= 0.6 is 11.6 Å². The van der Waals surface area contributed by atoms with Crippen molar-refractivity contribution in [3.05, 3.63) is 23.2 Å². The van der Waals surface area contributed by atoms with Gasteiger partial charge in [-0.05, 0) is 56.7 Å². The number of hydrogen-bond acceptors (Lipinski definition) is 6. The fraction of sp³-hybridized carbons (Fsp3) is 0.565. The van der Waals surface area contributed by atoms with Gasteiger partial charge in [0.15, 0.2) is 0 Å². The Morgan fingerprint density at radius 2 is 1.78 bits per heavy atom. The molecule has 3 aliphatic rings. The third-order valence-electron chi connectivity index (χ3n) is 6.79. The second kappa shape index (κ2) is 10.7. The van der Waals surface area contributed by atoms with Crippen LogP contribution in [0.4, 0.5) is 5.69 Å². The quantitative estimate of drug-likeness (QED) is 0.440. The number of rotatable bonds is 8. The van der Waals surface area contributed by atoms with Crippen molar-refractivity contribution < 1.29 is 27.6 Å². The molecule has 4 rings (SSSR count). The number of primary amides is 1. The fourth-order valence-corrected chi connectivity index (χ4v) is 6.05. The van der Waals surface area contributed by atoms with E-state index in [0.717, 1.165) is 12.8 Å². The molecule has 1 aliphatic carbocycles. The lowest BCUT2D eigenvalue weighted by Crippen LogP contribution is -2.55. The molecule has 13 heteroatoms. The molecule has 2 aliphatic heterocycles. The Labute approximate surface area is 214 Å². The molecular weight excluding hydrogens is 510 g/mol. The molecule has 2 atom stereocenters. The van der Waals surface area contributed by atoms with Crippen LogP contribution in [-0.2, 0) is 29.2 Å². The molecule has 3 fully saturated rings. The molecule has 0 spiro atoms. The van der Waals surface area contributed by atoms with Gasteiger partial charge >= 0.3 is 0 Å². The van der Waals surface area contributed by atoms with Gasteiger partial charge < -0.3 is 20.9 Å². The Bertz CT molecular complexity index is 1170. The lowest BCUT2D eigenvalue weighted by molar-refractivity contribution is -0.144. The van der Waals surface area contributed by atoms with E-state index in [2.05, 4.69) is 10.0 Å². The number of nitrogens with two attached hydrogens (primary N) is 1. The first kappa shape index (κ1) is 26.4. The summed E-state index contributed by atoms with van der Waals surface area (Å²) < 4.78 is 28.4.